The van der Waals surface area contributed by atoms with E-state index in [0.29, 0.717) is 42.2 Å². The van der Waals surface area contributed by atoms with Crippen molar-refractivity contribution in [2.45, 2.75) is 33.2 Å². The maximum Gasteiger partial charge on any atom is 0.289 e. The highest BCUT2D eigenvalue weighted by molar-refractivity contribution is 5.78. The van der Waals surface area contributed by atoms with Crippen molar-refractivity contribution in [2.75, 3.05) is 5.73 Å². The summed E-state index contributed by atoms with van der Waals surface area (Å²) in [5.74, 6) is 0.401. The Labute approximate surface area is 201 Å². The van der Waals surface area contributed by atoms with Gasteiger partial charge in [0.05, 0.1) is 23.4 Å². The van der Waals surface area contributed by atoms with Crippen molar-refractivity contribution < 1.29 is 8.96 Å². The van der Waals surface area contributed by atoms with Crippen molar-refractivity contribution >= 4 is 16.7 Å². The zero-order valence-corrected chi connectivity index (χ0v) is 19.5. The molecule has 0 fully saturated rings. The van der Waals surface area contributed by atoms with Crippen molar-refractivity contribution in [3.05, 3.63) is 101 Å². The zero-order valence-electron chi connectivity index (χ0n) is 19.5. The van der Waals surface area contributed by atoms with Crippen LogP contribution >= 0.6 is 0 Å². The van der Waals surface area contributed by atoms with Gasteiger partial charge in [-0.25, -0.2) is 18.6 Å². The summed E-state index contributed by atoms with van der Waals surface area (Å²) in [7, 11) is 0. The molecule has 2 aromatic carbocycles. The third-order valence-corrected chi connectivity index (χ3v) is 6.03. The van der Waals surface area contributed by atoms with Gasteiger partial charge in [-0.3, -0.25) is 9.36 Å². The van der Waals surface area contributed by atoms with E-state index in [4.69, 9.17) is 5.73 Å². The van der Waals surface area contributed by atoms with Gasteiger partial charge in [0.25, 0.3) is 17.7 Å². The number of fused-ring (bicyclic) bond motifs is 1. The lowest BCUT2D eigenvalue weighted by Crippen LogP contribution is -2.39. The number of halogens is 1. The summed E-state index contributed by atoms with van der Waals surface area (Å²) in [6.07, 6.45) is 4.74. The molecule has 0 atom stereocenters. The lowest BCUT2D eigenvalue weighted by molar-refractivity contribution is -0.705. The van der Waals surface area contributed by atoms with E-state index in [-0.39, 0.29) is 5.39 Å². The summed E-state index contributed by atoms with van der Waals surface area (Å²) in [6.45, 7) is 4.51. The Morgan fingerprint density at radius 3 is 2.60 bits per heavy atom. The smallest absolute Gasteiger partial charge is 0.289 e. The maximum atomic E-state index is 14.5. The number of nitrogen functional groups attached to an aromatic ring is 1. The first-order chi connectivity index (χ1) is 16.9. The molecule has 0 aliphatic rings. The van der Waals surface area contributed by atoms with Crippen LogP contribution in [0.3, 0.4) is 0 Å². The average Bonchev–Trinajstić information content (AvgIpc) is 3.27. The molecule has 2 N–H and O–H groups in total. The first-order valence-corrected chi connectivity index (χ1v) is 11.4. The molecule has 3 heterocycles. The van der Waals surface area contributed by atoms with E-state index >= 15 is 0 Å². The van der Waals surface area contributed by atoms with Crippen LogP contribution in [-0.2, 0) is 13.0 Å². The Morgan fingerprint density at radius 2 is 1.86 bits per heavy atom. The van der Waals surface area contributed by atoms with Crippen LogP contribution in [0.15, 0.2) is 71.9 Å². The predicted molar refractivity (Wildman–Crippen MR) is 131 cm³/mol. The molecule has 176 valence electrons. The van der Waals surface area contributed by atoms with Crippen LogP contribution in [-0.4, -0.2) is 24.3 Å². The van der Waals surface area contributed by atoms with Gasteiger partial charge in [-0.1, -0.05) is 24.3 Å². The van der Waals surface area contributed by atoms with Gasteiger partial charge >= 0.3 is 0 Å². The predicted octanol–water partition coefficient (Wildman–Crippen LogP) is 3.22. The van der Waals surface area contributed by atoms with E-state index in [1.807, 2.05) is 61.0 Å². The standard InChI is InChI=1S/C26H24FN7O/c1-17-13-15-33(31-17)24-18(2)32(16-29-25(24)28)14-7-12-22-30-21-11-6-10-20(27)23(21)26(35)34(22)19-8-4-3-5-9-19/h3-6,8-11,13,15-16,28H,7,12,14H2,1-2H3/p+1. The molecule has 35 heavy (non-hydrogen) atoms. The summed E-state index contributed by atoms with van der Waals surface area (Å²) >= 11 is 0. The molecule has 3 aromatic heterocycles. The quantitative estimate of drug-likeness (QED) is 0.385. The summed E-state index contributed by atoms with van der Waals surface area (Å²) < 4.78 is 19.8. The van der Waals surface area contributed by atoms with E-state index in [1.54, 1.807) is 23.1 Å². The molecule has 0 amide bonds. The van der Waals surface area contributed by atoms with Crippen molar-refractivity contribution in [1.29, 1.82) is 0 Å². The first kappa shape index (κ1) is 22.4. The van der Waals surface area contributed by atoms with Crippen molar-refractivity contribution in [1.82, 2.24) is 24.3 Å². The number of aryl methyl sites for hydroxylation is 3. The van der Waals surface area contributed by atoms with Crippen LogP contribution in [0.2, 0.25) is 0 Å². The van der Waals surface area contributed by atoms with Crippen LogP contribution in [0.4, 0.5) is 10.2 Å². The molecule has 8 nitrogen and oxygen atoms in total. The van der Waals surface area contributed by atoms with Crippen LogP contribution < -0.4 is 15.9 Å². The second-order valence-corrected chi connectivity index (χ2v) is 8.40. The van der Waals surface area contributed by atoms with E-state index in [0.717, 1.165) is 17.1 Å². The molecule has 0 spiro atoms. The van der Waals surface area contributed by atoms with Gasteiger partial charge in [0, 0.05) is 19.5 Å². The van der Waals surface area contributed by atoms with E-state index in [2.05, 4.69) is 15.1 Å². The summed E-state index contributed by atoms with van der Waals surface area (Å²) in [4.78, 5) is 22.4. The Hall–Kier alpha value is -4.40. The Balaban J connectivity index is 1.49. The van der Waals surface area contributed by atoms with Gasteiger partial charge in [-0.15, -0.1) is 0 Å². The molecule has 5 rings (SSSR count). The number of aromatic nitrogens is 6. The number of nitrogens with two attached hydrogens (primary N) is 1. The Bertz CT molecular complexity index is 1590. The molecule has 5 aromatic rings. The lowest BCUT2D eigenvalue weighted by Gasteiger charge is -2.14. The van der Waals surface area contributed by atoms with Gasteiger partial charge in [-0.05, 0) is 48.7 Å². The van der Waals surface area contributed by atoms with Crippen molar-refractivity contribution in [2.24, 2.45) is 0 Å². The van der Waals surface area contributed by atoms with Gasteiger partial charge in [0.2, 0.25) is 0 Å². The van der Waals surface area contributed by atoms with Crippen LogP contribution in [0.25, 0.3) is 22.3 Å². The zero-order chi connectivity index (χ0) is 24.5. The number of nitrogens with zero attached hydrogens (tertiary/aromatic N) is 6. The molecule has 0 radical (unpaired) electrons. The number of para-hydroxylation sites is 1. The average molecular weight is 471 g/mol. The number of hydrogen-bond donors (Lipinski definition) is 1. The number of benzene rings is 2. The van der Waals surface area contributed by atoms with E-state index in [1.165, 1.54) is 10.6 Å². The number of anilines is 1. The number of rotatable bonds is 6. The highest BCUT2D eigenvalue weighted by Crippen LogP contribution is 2.18. The van der Waals surface area contributed by atoms with Gasteiger partial charge < -0.3 is 5.73 Å². The molecule has 0 bridgehead atoms. The van der Waals surface area contributed by atoms with Gasteiger partial charge in [0.15, 0.2) is 5.69 Å². The second kappa shape index (κ2) is 9.09. The topological polar surface area (TPSA) is 95.5 Å². The monoisotopic (exact) mass is 470 g/mol. The van der Waals surface area contributed by atoms with Crippen molar-refractivity contribution in [3.63, 3.8) is 0 Å². The molecular formula is C26H25FN7O+. The number of hydrogen-bond acceptors (Lipinski definition) is 5. The van der Waals surface area contributed by atoms with Crippen molar-refractivity contribution in [3.8, 4) is 11.4 Å². The molecular weight excluding hydrogens is 445 g/mol. The minimum absolute atomic E-state index is 0.00721. The highest BCUT2D eigenvalue weighted by Gasteiger charge is 2.20. The fourth-order valence-electron chi connectivity index (χ4n) is 4.30. The summed E-state index contributed by atoms with van der Waals surface area (Å²) in [6, 6.07) is 15.6. The van der Waals surface area contributed by atoms with Crippen LogP contribution in [0.1, 0.15) is 23.6 Å². The molecule has 0 saturated carbocycles. The van der Waals surface area contributed by atoms with E-state index in [9.17, 15) is 9.18 Å². The minimum atomic E-state index is -0.572. The molecule has 9 heteroatoms. The van der Waals surface area contributed by atoms with Gasteiger partial charge in [-0.2, -0.15) is 5.10 Å². The molecule has 0 saturated heterocycles. The first-order valence-electron chi connectivity index (χ1n) is 11.4. The Morgan fingerprint density at radius 1 is 1.06 bits per heavy atom. The normalized spacial score (nSPS) is 11.3. The highest BCUT2D eigenvalue weighted by atomic mass is 19.1. The summed E-state index contributed by atoms with van der Waals surface area (Å²) in [5.41, 5.74) is 9.29. The van der Waals surface area contributed by atoms with E-state index < -0.39 is 11.4 Å². The maximum absolute atomic E-state index is 14.5. The second-order valence-electron chi connectivity index (χ2n) is 8.40. The minimum Gasteiger partial charge on any atom is -0.361 e. The molecule has 0 aliphatic carbocycles. The fraction of sp³-hybridized carbons (Fsp3) is 0.192. The largest absolute Gasteiger partial charge is 0.361 e. The van der Waals surface area contributed by atoms with Gasteiger partial charge in [0.1, 0.15) is 22.7 Å². The SMILES string of the molecule is Cc1ccn(-c2c(N)nc[n+](CCCc3nc4cccc(F)c4c(=O)n3-c3ccccc3)c2C)n1. The third-order valence-electron chi connectivity index (χ3n) is 6.03. The Kier molecular flexibility index (Phi) is 5.82. The van der Waals surface area contributed by atoms with Crippen LogP contribution in [0.5, 0.6) is 0 Å². The summed E-state index contributed by atoms with van der Waals surface area (Å²) in [5, 5.41) is 4.46. The molecule has 0 unspecified atom stereocenters. The fourth-order valence-corrected chi connectivity index (χ4v) is 4.30. The lowest BCUT2D eigenvalue weighted by atomic mass is 10.2. The van der Waals surface area contributed by atoms with Crippen LogP contribution in [0, 0.1) is 19.7 Å². The third kappa shape index (κ3) is 4.16. The molecule has 0 aliphatic heterocycles.